The quantitative estimate of drug-likeness (QED) is 0.793. The number of hydrogen-bond acceptors (Lipinski definition) is 4. The van der Waals surface area contributed by atoms with Gasteiger partial charge in [-0.1, -0.05) is 20.8 Å². The van der Waals surface area contributed by atoms with Gasteiger partial charge in [0.2, 0.25) is 0 Å². The van der Waals surface area contributed by atoms with E-state index >= 15 is 0 Å². The Morgan fingerprint density at radius 3 is 2.95 bits per heavy atom. The fourth-order valence-electron chi connectivity index (χ4n) is 2.25. The van der Waals surface area contributed by atoms with Gasteiger partial charge >= 0.3 is 0 Å². The monoisotopic (exact) mass is 299 g/mol. The first-order chi connectivity index (χ1) is 9.15. The molecule has 0 saturated carbocycles. The minimum absolute atomic E-state index is 0.344. The molecule has 0 spiro atoms. The lowest BCUT2D eigenvalue weighted by molar-refractivity contribution is 0.712. The molecule has 1 aromatic rings. The van der Waals surface area contributed by atoms with E-state index in [9.17, 15) is 0 Å². The van der Waals surface area contributed by atoms with Gasteiger partial charge in [-0.25, -0.2) is 9.97 Å². The van der Waals surface area contributed by atoms with E-state index in [0.717, 1.165) is 30.3 Å². The SMILES string of the molecule is CCC1CN(c2cnc(C(C)C)nc2CCl)CCS1. The lowest BCUT2D eigenvalue weighted by atomic mass is 10.2. The van der Waals surface area contributed by atoms with Gasteiger partial charge in [-0.15, -0.1) is 11.6 Å². The molecule has 3 nitrogen and oxygen atoms in total. The van der Waals surface area contributed by atoms with Gasteiger partial charge in [0.15, 0.2) is 0 Å². The second kappa shape index (κ2) is 6.80. The Hall–Kier alpha value is -0.480. The predicted molar refractivity (Wildman–Crippen MR) is 84.4 cm³/mol. The van der Waals surface area contributed by atoms with Crippen LogP contribution in [-0.2, 0) is 5.88 Å². The maximum Gasteiger partial charge on any atom is 0.131 e. The van der Waals surface area contributed by atoms with E-state index in [1.165, 1.54) is 12.2 Å². The van der Waals surface area contributed by atoms with Crippen LogP contribution in [0.4, 0.5) is 5.69 Å². The zero-order valence-corrected chi connectivity index (χ0v) is 13.5. The van der Waals surface area contributed by atoms with Gasteiger partial charge in [0.1, 0.15) is 5.82 Å². The Bertz CT molecular complexity index is 425. The van der Waals surface area contributed by atoms with Crippen LogP contribution >= 0.6 is 23.4 Å². The summed E-state index contributed by atoms with van der Waals surface area (Å²) in [5.74, 6) is 2.86. The molecule has 0 aliphatic carbocycles. The van der Waals surface area contributed by atoms with Gasteiger partial charge in [-0.2, -0.15) is 11.8 Å². The number of anilines is 1. The number of nitrogens with zero attached hydrogens (tertiary/aromatic N) is 3. The van der Waals surface area contributed by atoms with E-state index in [1.807, 2.05) is 6.20 Å². The predicted octanol–water partition coefficient (Wildman–Crippen LogP) is 3.67. The first kappa shape index (κ1) is 14.9. The van der Waals surface area contributed by atoms with Crippen molar-refractivity contribution in [3.63, 3.8) is 0 Å². The van der Waals surface area contributed by atoms with Crippen LogP contribution in [0.5, 0.6) is 0 Å². The largest absolute Gasteiger partial charge is 0.367 e. The van der Waals surface area contributed by atoms with Crippen molar-refractivity contribution in [1.29, 1.82) is 0 Å². The normalized spacial score (nSPS) is 20.1. The van der Waals surface area contributed by atoms with Crippen LogP contribution in [0.15, 0.2) is 6.20 Å². The van der Waals surface area contributed by atoms with Crippen LogP contribution in [0.2, 0.25) is 0 Å². The molecular formula is C14H22ClN3S. The third-order valence-corrected chi connectivity index (χ3v) is 5.07. The molecular weight excluding hydrogens is 278 g/mol. The first-order valence-electron chi connectivity index (χ1n) is 6.94. The fraction of sp³-hybridized carbons (Fsp3) is 0.714. The number of rotatable bonds is 4. The average molecular weight is 300 g/mol. The summed E-state index contributed by atoms with van der Waals surface area (Å²) < 4.78 is 0. The lowest BCUT2D eigenvalue weighted by Gasteiger charge is -2.34. The molecule has 0 bridgehead atoms. The molecule has 1 unspecified atom stereocenters. The summed E-state index contributed by atoms with van der Waals surface area (Å²) in [6.07, 6.45) is 3.17. The van der Waals surface area contributed by atoms with Crippen molar-refractivity contribution in [2.75, 3.05) is 23.7 Å². The Morgan fingerprint density at radius 1 is 1.53 bits per heavy atom. The molecule has 106 valence electrons. The molecule has 1 atom stereocenters. The smallest absolute Gasteiger partial charge is 0.131 e. The molecule has 0 amide bonds. The van der Waals surface area contributed by atoms with E-state index in [2.05, 4.69) is 47.4 Å². The van der Waals surface area contributed by atoms with Gasteiger partial charge in [0, 0.05) is 30.0 Å². The Kier molecular flexibility index (Phi) is 5.34. The van der Waals surface area contributed by atoms with Crippen molar-refractivity contribution >= 4 is 29.1 Å². The molecule has 1 saturated heterocycles. The minimum Gasteiger partial charge on any atom is -0.367 e. The van der Waals surface area contributed by atoms with E-state index in [0.29, 0.717) is 17.0 Å². The van der Waals surface area contributed by atoms with Crippen molar-refractivity contribution in [2.45, 2.75) is 44.2 Å². The van der Waals surface area contributed by atoms with Gasteiger partial charge in [-0.05, 0) is 6.42 Å². The molecule has 1 aromatic heterocycles. The third kappa shape index (κ3) is 3.54. The van der Waals surface area contributed by atoms with Crippen LogP contribution in [0, 0.1) is 0 Å². The molecule has 5 heteroatoms. The molecule has 2 rings (SSSR count). The zero-order chi connectivity index (χ0) is 13.8. The summed E-state index contributed by atoms with van der Waals surface area (Å²) >= 11 is 8.14. The van der Waals surface area contributed by atoms with Crippen LogP contribution in [0.25, 0.3) is 0 Å². The highest BCUT2D eigenvalue weighted by atomic mass is 35.5. The van der Waals surface area contributed by atoms with Gasteiger partial charge in [0.05, 0.1) is 23.5 Å². The number of halogens is 1. The highest BCUT2D eigenvalue weighted by Gasteiger charge is 2.22. The number of alkyl halides is 1. The van der Waals surface area contributed by atoms with E-state index in [-0.39, 0.29) is 0 Å². The maximum absolute atomic E-state index is 6.08. The summed E-state index contributed by atoms with van der Waals surface area (Å²) in [7, 11) is 0. The minimum atomic E-state index is 0.344. The summed E-state index contributed by atoms with van der Waals surface area (Å²) in [6.45, 7) is 8.61. The van der Waals surface area contributed by atoms with Crippen LogP contribution in [0.1, 0.15) is 44.6 Å². The molecule has 1 aliphatic rings. The van der Waals surface area contributed by atoms with Crippen molar-refractivity contribution in [1.82, 2.24) is 9.97 Å². The van der Waals surface area contributed by atoms with Gasteiger partial charge < -0.3 is 4.90 Å². The molecule has 0 radical (unpaired) electrons. The van der Waals surface area contributed by atoms with Crippen LogP contribution in [0.3, 0.4) is 0 Å². The van der Waals surface area contributed by atoms with E-state index in [4.69, 9.17) is 11.6 Å². The number of thioether (sulfide) groups is 1. The summed E-state index contributed by atoms with van der Waals surface area (Å²) in [4.78, 5) is 11.5. The summed E-state index contributed by atoms with van der Waals surface area (Å²) in [5, 5.41) is 0.710. The Morgan fingerprint density at radius 2 is 2.32 bits per heavy atom. The highest BCUT2D eigenvalue weighted by molar-refractivity contribution is 8.00. The number of aromatic nitrogens is 2. The molecule has 0 aromatic carbocycles. The second-order valence-corrected chi connectivity index (χ2v) is 6.87. The van der Waals surface area contributed by atoms with Gasteiger partial charge in [-0.3, -0.25) is 0 Å². The molecule has 1 fully saturated rings. The standard InChI is InChI=1S/C14H22ClN3S/c1-4-11-9-18(5-6-19-11)13-8-16-14(10(2)3)17-12(13)7-15/h8,10-11H,4-7,9H2,1-3H3. The Labute approximate surface area is 125 Å². The van der Waals surface area contributed by atoms with Crippen LogP contribution in [-0.4, -0.2) is 34.1 Å². The maximum atomic E-state index is 6.08. The summed E-state index contributed by atoms with van der Waals surface area (Å²) in [6, 6.07) is 0. The van der Waals surface area contributed by atoms with Crippen molar-refractivity contribution in [2.24, 2.45) is 0 Å². The molecule has 19 heavy (non-hydrogen) atoms. The zero-order valence-electron chi connectivity index (χ0n) is 11.9. The first-order valence-corrected chi connectivity index (χ1v) is 8.52. The van der Waals surface area contributed by atoms with Crippen molar-refractivity contribution < 1.29 is 0 Å². The second-order valence-electron chi connectivity index (χ2n) is 5.20. The molecule has 2 heterocycles. The van der Waals surface area contributed by atoms with Crippen molar-refractivity contribution in [3.05, 3.63) is 17.7 Å². The fourth-order valence-corrected chi connectivity index (χ4v) is 3.63. The third-order valence-electron chi connectivity index (χ3n) is 3.44. The highest BCUT2D eigenvalue weighted by Crippen LogP contribution is 2.28. The van der Waals surface area contributed by atoms with E-state index in [1.54, 1.807) is 0 Å². The Balaban J connectivity index is 2.23. The van der Waals surface area contributed by atoms with E-state index < -0.39 is 0 Å². The number of hydrogen-bond donors (Lipinski definition) is 0. The summed E-state index contributed by atoms with van der Waals surface area (Å²) in [5.41, 5.74) is 2.10. The van der Waals surface area contributed by atoms with Crippen LogP contribution < -0.4 is 4.90 Å². The topological polar surface area (TPSA) is 29.0 Å². The lowest BCUT2D eigenvalue weighted by Crippen LogP contribution is -2.38. The van der Waals surface area contributed by atoms with Crippen molar-refractivity contribution in [3.8, 4) is 0 Å². The molecule has 1 aliphatic heterocycles. The average Bonchev–Trinajstić information content (AvgIpc) is 2.46. The van der Waals surface area contributed by atoms with Gasteiger partial charge in [0.25, 0.3) is 0 Å². The molecule has 0 N–H and O–H groups in total.